The molecule has 0 spiro atoms. The molecule has 0 radical (unpaired) electrons. The molecule has 0 fully saturated rings. The van der Waals surface area contributed by atoms with Gasteiger partial charge in [0.1, 0.15) is 5.75 Å². The highest BCUT2D eigenvalue weighted by atomic mass is 16.5. The lowest BCUT2D eigenvalue weighted by molar-refractivity contribution is 0.411. The third kappa shape index (κ3) is 2.43. The largest absolute Gasteiger partial charge is 0.496 e. The van der Waals surface area contributed by atoms with Crippen LogP contribution in [0.15, 0.2) is 36.8 Å². The van der Waals surface area contributed by atoms with Crippen LogP contribution in [0.2, 0.25) is 0 Å². The molecule has 0 aliphatic carbocycles. The van der Waals surface area contributed by atoms with Crippen LogP contribution in [0.4, 0.5) is 0 Å². The van der Waals surface area contributed by atoms with E-state index in [0.717, 1.165) is 22.6 Å². The zero-order chi connectivity index (χ0) is 12.1. The molecule has 0 saturated heterocycles. The van der Waals surface area contributed by atoms with Gasteiger partial charge in [0.2, 0.25) is 0 Å². The maximum absolute atomic E-state index is 5.34. The van der Waals surface area contributed by atoms with Gasteiger partial charge in [0.25, 0.3) is 0 Å². The molecular formula is C14H12N2O. The zero-order valence-electron chi connectivity index (χ0n) is 9.55. The molecule has 3 nitrogen and oxygen atoms in total. The molecule has 1 aromatic carbocycles. The highest BCUT2D eigenvalue weighted by Gasteiger charge is 2.05. The van der Waals surface area contributed by atoms with Gasteiger partial charge in [0.05, 0.1) is 19.0 Å². The van der Waals surface area contributed by atoms with Crippen molar-refractivity contribution in [2.45, 2.75) is 6.42 Å². The van der Waals surface area contributed by atoms with E-state index >= 15 is 0 Å². The normalized spacial score (nSPS) is 9.65. The van der Waals surface area contributed by atoms with E-state index in [-0.39, 0.29) is 0 Å². The molecular weight excluding hydrogens is 212 g/mol. The van der Waals surface area contributed by atoms with E-state index in [1.54, 1.807) is 25.7 Å². The van der Waals surface area contributed by atoms with E-state index in [9.17, 15) is 0 Å². The maximum atomic E-state index is 5.34. The fourth-order valence-electron chi connectivity index (χ4n) is 1.63. The molecule has 17 heavy (non-hydrogen) atoms. The number of rotatable bonds is 3. The van der Waals surface area contributed by atoms with Gasteiger partial charge in [0, 0.05) is 29.9 Å². The van der Waals surface area contributed by atoms with Crippen LogP contribution in [0.5, 0.6) is 5.75 Å². The van der Waals surface area contributed by atoms with Crippen molar-refractivity contribution >= 4 is 0 Å². The van der Waals surface area contributed by atoms with Crippen LogP contribution >= 0.6 is 0 Å². The second-order valence-corrected chi connectivity index (χ2v) is 3.50. The Kier molecular flexibility index (Phi) is 3.37. The SMILES string of the molecule is C#CCc1cc(-c2cnccn2)ccc1OC. The van der Waals surface area contributed by atoms with Crippen molar-refractivity contribution in [3.63, 3.8) is 0 Å². The Hall–Kier alpha value is -2.34. The molecule has 1 aromatic heterocycles. The van der Waals surface area contributed by atoms with Crippen LogP contribution in [-0.4, -0.2) is 17.1 Å². The van der Waals surface area contributed by atoms with Gasteiger partial charge >= 0.3 is 0 Å². The number of nitrogens with zero attached hydrogens (tertiary/aromatic N) is 2. The predicted molar refractivity (Wildman–Crippen MR) is 66.6 cm³/mol. The summed E-state index contributed by atoms with van der Waals surface area (Å²) in [6.45, 7) is 0. The van der Waals surface area contributed by atoms with Crippen molar-refractivity contribution in [2.24, 2.45) is 0 Å². The fraction of sp³-hybridized carbons (Fsp3) is 0.143. The van der Waals surface area contributed by atoms with E-state index < -0.39 is 0 Å². The number of ether oxygens (including phenoxy) is 1. The van der Waals surface area contributed by atoms with Crippen molar-refractivity contribution in [1.29, 1.82) is 0 Å². The van der Waals surface area contributed by atoms with Crippen molar-refractivity contribution < 1.29 is 4.74 Å². The summed E-state index contributed by atoms with van der Waals surface area (Å²) in [7, 11) is 1.64. The molecule has 0 atom stereocenters. The molecule has 0 bridgehead atoms. The molecule has 0 aliphatic heterocycles. The lowest BCUT2D eigenvalue weighted by Gasteiger charge is -2.08. The first-order valence-corrected chi connectivity index (χ1v) is 5.22. The first-order valence-electron chi connectivity index (χ1n) is 5.22. The number of hydrogen-bond donors (Lipinski definition) is 0. The fourth-order valence-corrected chi connectivity index (χ4v) is 1.63. The topological polar surface area (TPSA) is 35.0 Å². The molecule has 1 heterocycles. The summed E-state index contributed by atoms with van der Waals surface area (Å²) < 4.78 is 5.26. The van der Waals surface area contributed by atoms with E-state index in [2.05, 4.69) is 15.9 Å². The van der Waals surface area contributed by atoms with Crippen molar-refractivity contribution in [1.82, 2.24) is 9.97 Å². The molecule has 3 heteroatoms. The van der Waals surface area contributed by atoms with Crippen LogP contribution in [0.25, 0.3) is 11.3 Å². The van der Waals surface area contributed by atoms with Crippen LogP contribution < -0.4 is 4.74 Å². The Balaban J connectivity index is 2.44. The zero-order valence-corrected chi connectivity index (χ0v) is 9.55. The molecule has 2 aromatic rings. The number of hydrogen-bond acceptors (Lipinski definition) is 3. The smallest absolute Gasteiger partial charge is 0.123 e. The molecule has 0 unspecified atom stereocenters. The minimum absolute atomic E-state index is 0.539. The van der Waals surface area contributed by atoms with Gasteiger partial charge in [-0.05, 0) is 18.2 Å². The molecule has 0 aliphatic rings. The summed E-state index contributed by atoms with van der Waals surface area (Å²) in [5.41, 5.74) is 2.80. The van der Waals surface area contributed by atoms with Crippen LogP contribution in [0, 0.1) is 12.3 Å². The number of methoxy groups -OCH3 is 1. The Morgan fingerprint density at radius 3 is 2.88 bits per heavy atom. The first kappa shape index (κ1) is 11.2. The first-order chi connectivity index (χ1) is 8.35. The summed E-state index contributed by atoms with van der Waals surface area (Å²) in [5, 5.41) is 0. The molecule has 0 saturated carbocycles. The third-order valence-corrected chi connectivity index (χ3v) is 2.43. The van der Waals surface area contributed by atoms with Crippen LogP contribution in [-0.2, 0) is 6.42 Å². The van der Waals surface area contributed by atoms with Gasteiger partial charge in [0.15, 0.2) is 0 Å². The van der Waals surface area contributed by atoms with Crippen LogP contribution in [0.3, 0.4) is 0 Å². The van der Waals surface area contributed by atoms with Gasteiger partial charge in [-0.1, -0.05) is 0 Å². The second kappa shape index (κ2) is 5.13. The average molecular weight is 224 g/mol. The van der Waals surface area contributed by atoms with Crippen molar-refractivity contribution in [3.8, 4) is 29.4 Å². The standard InChI is InChI=1S/C14H12N2O/c1-3-4-12-9-11(5-6-14(12)17-2)13-10-15-7-8-16-13/h1,5-10H,4H2,2H3. The Morgan fingerprint density at radius 2 is 2.24 bits per heavy atom. The third-order valence-electron chi connectivity index (χ3n) is 2.43. The molecule has 2 rings (SSSR count). The van der Waals surface area contributed by atoms with Crippen molar-refractivity contribution in [2.75, 3.05) is 7.11 Å². The monoisotopic (exact) mass is 224 g/mol. The lowest BCUT2D eigenvalue weighted by atomic mass is 10.1. The van der Waals surface area contributed by atoms with Gasteiger partial charge in [-0.15, -0.1) is 12.3 Å². The average Bonchev–Trinajstić information content (AvgIpc) is 2.40. The predicted octanol–water partition coefficient (Wildman–Crippen LogP) is 2.33. The minimum atomic E-state index is 0.539. The summed E-state index contributed by atoms with van der Waals surface area (Å²) in [5.74, 6) is 3.42. The molecule has 0 N–H and O–H groups in total. The number of terminal acetylenes is 1. The van der Waals surface area contributed by atoms with E-state index in [1.807, 2.05) is 18.2 Å². The quantitative estimate of drug-likeness (QED) is 0.750. The maximum Gasteiger partial charge on any atom is 0.123 e. The van der Waals surface area contributed by atoms with Crippen LogP contribution in [0.1, 0.15) is 5.56 Å². The Morgan fingerprint density at radius 1 is 1.35 bits per heavy atom. The van der Waals surface area contributed by atoms with Gasteiger partial charge in [-0.2, -0.15) is 0 Å². The highest BCUT2D eigenvalue weighted by Crippen LogP contribution is 2.25. The van der Waals surface area contributed by atoms with E-state index in [0.29, 0.717) is 6.42 Å². The molecule has 0 amide bonds. The molecule has 84 valence electrons. The Bertz CT molecular complexity index is 544. The summed E-state index contributed by atoms with van der Waals surface area (Å²) >= 11 is 0. The van der Waals surface area contributed by atoms with Gasteiger partial charge in [-0.25, -0.2) is 0 Å². The summed E-state index contributed by atoms with van der Waals surface area (Å²) in [6.07, 6.45) is 10.9. The van der Waals surface area contributed by atoms with Gasteiger partial charge < -0.3 is 4.74 Å². The van der Waals surface area contributed by atoms with Gasteiger partial charge in [-0.3, -0.25) is 9.97 Å². The summed E-state index contributed by atoms with van der Waals surface area (Å²) in [4.78, 5) is 8.30. The number of aromatic nitrogens is 2. The lowest BCUT2D eigenvalue weighted by Crippen LogP contribution is -1.93. The minimum Gasteiger partial charge on any atom is -0.496 e. The Labute approximate surface area is 101 Å². The number of benzene rings is 1. The summed E-state index contributed by atoms with van der Waals surface area (Å²) in [6, 6.07) is 5.84. The van der Waals surface area contributed by atoms with E-state index in [4.69, 9.17) is 11.2 Å². The van der Waals surface area contributed by atoms with E-state index in [1.165, 1.54) is 0 Å². The second-order valence-electron chi connectivity index (χ2n) is 3.50. The van der Waals surface area contributed by atoms with Crippen molar-refractivity contribution in [3.05, 3.63) is 42.4 Å². The highest BCUT2D eigenvalue weighted by molar-refractivity contribution is 5.61.